The minimum Gasteiger partial charge on any atom is -0.437 e. The van der Waals surface area contributed by atoms with Gasteiger partial charge in [-0.3, -0.25) is 0 Å². The third kappa shape index (κ3) is 4.87. The summed E-state index contributed by atoms with van der Waals surface area (Å²) < 4.78 is 12.0. The van der Waals surface area contributed by atoms with Gasteiger partial charge < -0.3 is 4.42 Å². The van der Waals surface area contributed by atoms with Gasteiger partial charge in [0.25, 0.3) is 0 Å². The van der Waals surface area contributed by atoms with Crippen molar-refractivity contribution in [2.24, 2.45) is 0 Å². The largest absolute Gasteiger partial charge is 0.437 e. The molecule has 0 saturated heterocycles. The zero-order valence-electron chi connectivity index (χ0n) is 30.6. The van der Waals surface area contributed by atoms with Crippen LogP contribution >= 0.6 is 0 Å². The maximum absolute atomic E-state index is 6.81. The van der Waals surface area contributed by atoms with Gasteiger partial charge in [0, 0.05) is 50.8 Å². The van der Waals surface area contributed by atoms with Crippen LogP contribution in [0.15, 0.2) is 84.1 Å². The highest BCUT2D eigenvalue weighted by atomic mass is 28.3. The van der Waals surface area contributed by atoms with E-state index in [0.29, 0.717) is 11.8 Å². The second kappa shape index (κ2) is 11.6. The van der Waals surface area contributed by atoms with Crippen molar-refractivity contribution >= 4 is 41.0 Å². The Morgan fingerprint density at radius 2 is 1.72 bits per heavy atom. The Morgan fingerprint density at radius 1 is 0.920 bits per heavy atom. The predicted octanol–water partition coefficient (Wildman–Crippen LogP) is 9.89. The summed E-state index contributed by atoms with van der Waals surface area (Å²) in [5, 5.41) is 3.83. The Balaban J connectivity index is 1.31. The molecule has 0 fully saturated rings. The van der Waals surface area contributed by atoms with E-state index in [1.54, 1.807) is 5.19 Å². The first-order valence-corrected chi connectivity index (χ1v) is 22.3. The van der Waals surface area contributed by atoms with E-state index in [1.807, 2.05) is 6.92 Å². The molecule has 4 nitrogen and oxygen atoms in total. The van der Waals surface area contributed by atoms with Gasteiger partial charge in [0.15, 0.2) is 29.7 Å². The summed E-state index contributed by atoms with van der Waals surface area (Å²) in [5.74, 6) is 0.828. The van der Waals surface area contributed by atoms with Crippen LogP contribution in [0, 0.1) is 6.92 Å². The molecule has 0 radical (unpaired) electrons. The monoisotopic (exact) mass is 675 g/mol. The Labute approximate surface area is 297 Å². The summed E-state index contributed by atoms with van der Waals surface area (Å²) in [6.07, 6.45) is 12.5. The highest BCUT2D eigenvalue weighted by Crippen LogP contribution is 2.47. The zero-order valence-corrected chi connectivity index (χ0v) is 31.6. The van der Waals surface area contributed by atoms with Crippen molar-refractivity contribution in [2.45, 2.75) is 103 Å². The maximum Gasteiger partial charge on any atom is 0.227 e. The number of pyridine rings is 3. The third-order valence-electron chi connectivity index (χ3n) is 12.0. The minimum absolute atomic E-state index is 0.267. The van der Waals surface area contributed by atoms with Gasteiger partial charge in [0.1, 0.15) is 0 Å². The summed E-state index contributed by atoms with van der Waals surface area (Å²) in [7, 11) is -1.64. The topological polar surface area (TPSA) is 33.8 Å². The van der Waals surface area contributed by atoms with Gasteiger partial charge in [-0.2, -0.15) is 9.13 Å². The number of furan rings is 1. The Bertz CT molecular complexity index is 2380. The Kier molecular flexibility index (Phi) is 7.33. The molecule has 2 aromatic carbocycles. The minimum atomic E-state index is -1.64. The molecule has 252 valence electrons. The van der Waals surface area contributed by atoms with Crippen molar-refractivity contribution in [3.05, 3.63) is 113 Å². The molecule has 2 unspecified atom stereocenters. The second-order valence-electron chi connectivity index (χ2n) is 16.5. The molecule has 0 amide bonds. The first-order valence-electron chi connectivity index (χ1n) is 18.8. The van der Waals surface area contributed by atoms with Crippen molar-refractivity contribution in [2.75, 3.05) is 0 Å². The van der Waals surface area contributed by atoms with E-state index in [-0.39, 0.29) is 6.04 Å². The standard InChI is InChI=1S/C45H49N3OSi/c1-27(2)38-25-40-34-15-11-10-14-33(34)35-20-17-31-18-21-36-37-19-16-28(3)46-45(37)49-44(36)42(31)43-32-13-9-8-12-30(32)22-23-47(43)29(4)24-39(35)48(40)26-41(38)50(5,6)7/h10-11,14-16,18-19,21-23,25-27,35,39H,4,8-9,12-13,17,20,24H2,1-3,5-7H3/q+2. The molecular formula is C45H49N3OSi+2. The fourth-order valence-corrected chi connectivity index (χ4v) is 11.2. The summed E-state index contributed by atoms with van der Waals surface area (Å²) in [4.78, 5) is 4.85. The lowest BCUT2D eigenvalue weighted by Crippen LogP contribution is -2.54. The molecule has 6 heterocycles. The van der Waals surface area contributed by atoms with Crippen LogP contribution in [0.2, 0.25) is 19.6 Å². The summed E-state index contributed by atoms with van der Waals surface area (Å²) >= 11 is 0. The predicted molar refractivity (Wildman–Crippen MR) is 208 cm³/mol. The number of aryl methyl sites for hydroxylation is 3. The van der Waals surface area contributed by atoms with Crippen LogP contribution in [0.3, 0.4) is 0 Å². The first-order chi connectivity index (χ1) is 24.1. The number of hydrogen-bond acceptors (Lipinski definition) is 2. The van der Waals surface area contributed by atoms with Crippen LogP contribution in [0.5, 0.6) is 0 Å². The number of hydrogen-bond donors (Lipinski definition) is 0. The maximum atomic E-state index is 6.81. The van der Waals surface area contributed by atoms with Gasteiger partial charge in [-0.25, -0.2) is 4.98 Å². The van der Waals surface area contributed by atoms with Crippen molar-refractivity contribution in [3.8, 4) is 22.5 Å². The van der Waals surface area contributed by atoms with E-state index in [4.69, 9.17) is 16.0 Å². The lowest BCUT2D eigenvalue weighted by molar-refractivity contribution is -0.719. The van der Waals surface area contributed by atoms with Crippen molar-refractivity contribution in [1.29, 1.82) is 0 Å². The van der Waals surface area contributed by atoms with Crippen LogP contribution in [0.25, 0.3) is 50.3 Å². The molecule has 0 bridgehead atoms. The van der Waals surface area contributed by atoms with E-state index in [0.717, 1.165) is 65.6 Å². The number of rotatable bonds is 2. The number of aromatic nitrogens is 3. The zero-order chi connectivity index (χ0) is 34.5. The van der Waals surface area contributed by atoms with Crippen LogP contribution in [-0.4, -0.2) is 13.1 Å². The van der Waals surface area contributed by atoms with E-state index in [9.17, 15) is 0 Å². The molecule has 3 aliphatic rings. The Hall–Kier alpha value is -4.35. The van der Waals surface area contributed by atoms with Gasteiger partial charge in [0.05, 0.1) is 20.1 Å². The molecule has 2 atom stereocenters. The molecule has 0 spiro atoms. The average molecular weight is 676 g/mol. The van der Waals surface area contributed by atoms with Gasteiger partial charge in [0.2, 0.25) is 17.1 Å². The average Bonchev–Trinajstić information content (AvgIpc) is 3.47. The molecule has 0 N–H and O–H groups in total. The van der Waals surface area contributed by atoms with Crippen LogP contribution in [0.4, 0.5) is 0 Å². The van der Waals surface area contributed by atoms with E-state index < -0.39 is 8.07 Å². The van der Waals surface area contributed by atoms with Crippen molar-refractivity contribution < 1.29 is 13.6 Å². The van der Waals surface area contributed by atoms with Gasteiger partial charge in [-0.05, 0) is 98.4 Å². The fraction of sp³-hybridized carbons (Fsp3) is 0.356. The summed E-state index contributed by atoms with van der Waals surface area (Å²) in [6, 6.07) is 23.4. The number of benzene rings is 2. The normalized spacial score (nSPS) is 18.7. The van der Waals surface area contributed by atoms with Crippen molar-refractivity contribution in [1.82, 2.24) is 4.98 Å². The van der Waals surface area contributed by atoms with Crippen LogP contribution in [-0.2, 0) is 19.3 Å². The van der Waals surface area contributed by atoms with E-state index >= 15 is 0 Å². The van der Waals surface area contributed by atoms with Crippen LogP contribution in [0.1, 0.15) is 90.9 Å². The molecule has 50 heavy (non-hydrogen) atoms. The molecule has 2 aliphatic heterocycles. The van der Waals surface area contributed by atoms with Gasteiger partial charge in [-0.15, -0.1) is 0 Å². The van der Waals surface area contributed by atoms with E-state index in [1.165, 1.54) is 63.2 Å². The summed E-state index contributed by atoms with van der Waals surface area (Å²) in [6.45, 7) is 19.2. The molecule has 0 saturated carbocycles. The highest BCUT2D eigenvalue weighted by molar-refractivity contribution is 6.89. The summed E-state index contributed by atoms with van der Waals surface area (Å²) in [5.41, 5.74) is 16.4. The molecule has 5 heteroatoms. The van der Waals surface area contributed by atoms with Gasteiger partial charge >= 0.3 is 0 Å². The third-order valence-corrected chi connectivity index (χ3v) is 14.0. The molecule has 1 aliphatic carbocycles. The first kappa shape index (κ1) is 31.6. The highest BCUT2D eigenvalue weighted by Gasteiger charge is 2.44. The Morgan fingerprint density at radius 3 is 2.54 bits per heavy atom. The molecule has 4 aromatic heterocycles. The number of allylic oxidation sites excluding steroid dienone is 1. The van der Waals surface area contributed by atoms with Crippen LogP contribution < -0.4 is 14.3 Å². The SMILES string of the molecule is C=C1CC2C(CCc3ccc4c(oc5nc(C)ccc54)c3-c3c4c(cc[n+]31)CCCC4)c1ccccc1-c1cc(C(C)C)c([Si](C)(C)C)c[n+]12. The quantitative estimate of drug-likeness (QED) is 0.135. The lowest BCUT2D eigenvalue weighted by atomic mass is 9.76. The lowest BCUT2D eigenvalue weighted by Gasteiger charge is -2.33. The number of fused-ring (bicyclic) bond motifs is 15. The second-order valence-corrected chi connectivity index (χ2v) is 21.6. The van der Waals surface area contributed by atoms with E-state index in [2.05, 4.69) is 116 Å². The number of nitrogens with zero attached hydrogens (tertiary/aromatic N) is 3. The smallest absolute Gasteiger partial charge is 0.227 e. The molecule has 9 rings (SSSR count). The molecule has 6 aromatic rings. The van der Waals surface area contributed by atoms with Crippen molar-refractivity contribution in [3.63, 3.8) is 0 Å². The van der Waals surface area contributed by atoms with Gasteiger partial charge in [-0.1, -0.05) is 63.8 Å². The fourth-order valence-electron chi connectivity index (χ4n) is 9.50. The molecular weight excluding hydrogens is 627 g/mol.